The molecule has 0 fully saturated rings. The van der Waals surface area contributed by atoms with Crippen LogP contribution in [0.5, 0.6) is 0 Å². The lowest BCUT2D eigenvalue weighted by atomic mass is 10.1. The molecule has 1 aliphatic heterocycles. The second-order valence-electron chi connectivity index (χ2n) is 3.58. The maximum atomic E-state index is 13.4. The van der Waals surface area contributed by atoms with Crippen molar-refractivity contribution >= 4 is 11.7 Å². The minimum Gasteiger partial charge on any atom is -0.480 e. The molecule has 1 unspecified atom stereocenters. The van der Waals surface area contributed by atoms with Gasteiger partial charge in [0.05, 0.1) is 0 Å². The molecule has 0 aromatic heterocycles. The Morgan fingerprint density at radius 1 is 1.67 bits per heavy atom. The smallest absolute Gasteiger partial charge is 0.326 e. The lowest BCUT2D eigenvalue weighted by molar-refractivity contribution is -0.138. The van der Waals surface area contributed by atoms with Gasteiger partial charge in [0.1, 0.15) is 11.9 Å². The first kappa shape index (κ1) is 9.96. The standard InChI is InChI=1S/C11H12FNO2/c1-2-13-9-5-3-4-8(12)7(9)6-10(13)11(14)15/h3-5,10H,2,6H2,1H3,(H,14,15). The van der Waals surface area contributed by atoms with Crippen molar-refractivity contribution in [2.24, 2.45) is 0 Å². The van der Waals surface area contributed by atoms with Gasteiger partial charge in [0.15, 0.2) is 0 Å². The zero-order valence-corrected chi connectivity index (χ0v) is 8.40. The van der Waals surface area contributed by atoms with Gasteiger partial charge >= 0.3 is 5.97 Å². The van der Waals surface area contributed by atoms with Crippen LogP contribution in [0.25, 0.3) is 0 Å². The van der Waals surface area contributed by atoms with Crippen molar-refractivity contribution in [2.45, 2.75) is 19.4 Å². The molecule has 0 amide bonds. The molecule has 3 nitrogen and oxygen atoms in total. The highest BCUT2D eigenvalue weighted by atomic mass is 19.1. The van der Waals surface area contributed by atoms with Gasteiger partial charge in [-0.3, -0.25) is 0 Å². The molecule has 0 saturated carbocycles. The van der Waals surface area contributed by atoms with E-state index in [0.29, 0.717) is 17.8 Å². The second-order valence-corrected chi connectivity index (χ2v) is 3.58. The van der Waals surface area contributed by atoms with Crippen LogP contribution < -0.4 is 4.90 Å². The number of likely N-dealkylation sites (N-methyl/N-ethyl adjacent to an activating group) is 1. The molecule has 1 atom stereocenters. The molecule has 0 saturated heterocycles. The van der Waals surface area contributed by atoms with Gasteiger partial charge in [0.2, 0.25) is 0 Å². The Balaban J connectivity index is 2.45. The van der Waals surface area contributed by atoms with Gasteiger partial charge < -0.3 is 10.0 Å². The molecule has 1 aliphatic rings. The SMILES string of the molecule is CCN1c2cccc(F)c2CC1C(=O)O. The fourth-order valence-electron chi connectivity index (χ4n) is 2.10. The number of hydrogen-bond acceptors (Lipinski definition) is 2. The molecule has 1 heterocycles. The summed E-state index contributed by atoms with van der Waals surface area (Å²) in [5.74, 6) is -1.21. The third-order valence-corrected chi connectivity index (χ3v) is 2.80. The Kier molecular flexibility index (Phi) is 2.34. The van der Waals surface area contributed by atoms with Gasteiger partial charge in [-0.25, -0.2) is 9.18 Å². The number of anilines is 1. The number of carbonyl (C=O) groups is 1. The van der Waals surface area contributed by atoms with Gasteiger partial charge in [-0.15, -0.1) is 0 Å². The van der Waals surface area contributed by atoms with Crippen molar-refractivity contribution in [2.75, 3.05) is 11.4 Å². The van der Waals surface area contributed by atoms with E-state index in [0.717, 1.165) is 0 Å². The predicted molar refractivity (Wildman–Crippen MR) is 54.5 cm³/mol. The van der Waals surface area contributed by atoms with Crippen LogP contribution in [0.1, 0.15) is 12.5 Å². The van der Waals surface area contributed by atoms with E-state index in [1.165, 1.54) is 6.07 Å². The van der Waals surface area contributed by atoms with Gasteiger partial charge in [0, 0.05) is 24.2 Å². The quantitative estimate of drug-likeness (QED) is 0.805. The van der Waals surface area contributed by atoms with Crippen molar-refractivity contribution in [1.29, 1.82) is 0 Å². The van der Waals surface area contributed by atoms with E-state index in [4.69, 9.17) is 5.11 Å². The first-order valence-corrected chi connectivity index (χ1v) is 4.92. The third kappa shape index (κ3) is 1.46. The Bertz CT molecular complexity index is 406. The van der Waals surface area contributed by atoms with Crippen LogP contribution in [0, 0.1) is 5.82 Å². The van der Waals surface area contributed by atoms with Crippen LogP contribution in [0.3, 0.4) is 0 Å². The zero-order valence-electron chi connectivity index (χ0n) is 8.40. The molecular formula is C11H12FNO2. The normalized spacial score (nSPS) is 19.1. The largest absolute Gasteiger partial charge is 0.480 e. The maximum Gasteiger partial charge on any atom is 0.326 e. The fraction of sp³-hybridized carbons (Fsp3) is 0.364. The average molecular weight is 209 g/mol. The molecule has 0 bridgehead atoms. The summed E-state index contributed by atoms with van der Waals surface area (Å²) in [6.45, 7) is 2.45. The molecule has 0 aliphatic carbocycles. The summed E-state index contributed by atoms with van der Waals surface area (Å²) in [7, 11) is 0. The Morgan fingerprint density at radius 2 is 2.40 bits per heavy atom. The lowest BCUT2D eigenvalue weighted by Gasteiger charge is -2.22. The fourth-order valence-corrected chi connectivity index (χ4v) is 2.10. The monoisotopic (exact) mass is 209 g/mol. The van der Waals surface area contributed by atoms with E-state index in [1.807, 2.05) is 6.92 Å². The van der Waals surface area contributed by atoms with Gasteiger partial charge in [-0.1, -0.05) is 6.07 Å². The molecule has 4 heteroatoms. The van der Waals surface area contributed by atoms with Gasteiger partial charge in [-0.05, 0) is 19.1 Å². The van der Waals surface area contributed by atoms with E-state index in [9.17, 15) is 9.18 Å². The number of aliphatic carboxylic acids is 1. The summed E-state index contributed by atoms with van der Waals surface area (Å²) >= 11 is 0. The predicted octanol–water partition coefficient (Wildman–Crippen LogP) is 1.66. The zero-order chi connectivity index (χ0) is 11.0. The molecule has 2 rings (SSSR count). The van der Waals surface area contributed by atoms with Crippen LogP contribution in [-0.4, -0.2) is 23.7 Å². The highest BCUT2D eigenvalue weighted by Gasteiger charge is 2.34. The summed E-state index contributed by atoms with van der Waals surface area (Å²) in [6.07, 6.45) is 0.255. The number of carboxylic acid groups (broad SMARTS) is 1. The Morgan fingerprint density at radius 3 is 3.00 bits per heavy atom. The van der Waals surface area contributed by atoms with E-state index in [2.05, 4.69) is 0 Å². The van der Waals surface area contributed by atoms with Crippen LogP contribution in [0.2, 0.25) is 0 Å². The van der Waals surface area contributed by atoms with Crippen molar-refractivity contribution in [1.82, 2.24) is 0 Å². The number of nitrogens with zero attached hydrogens (tertiary/aromatic N) is 1. The summed E-state index contributed by atoms with van der Waals surface area (Å²) < 4.78 is 13.4. The number of rotatable bonds is 2. The van der Waals surface area contributed by atoms with Crippen molar-refractivity contribution in [3.63, 3.8) is 0 Å². The molecule has 15 heavy (non-hydrogen) atoms. The summed E-state index contributed by atoms with van der Waals surface area (Å²) in [5.41, 5.74) is 1.23. The first-order chi connectivity index (χ1) is 7.15. The molecular weight excluding hydrogens is 197 g/mol. The number of benzene rings is 1. The van der Waals surface area contributed by atoms with Crippen LogP contribution in [-0.2, 0) is 11.2 Å². The Hall–Kier alpha value is -1.58. The van der Waals surface area contributed by atoms with Crippen LogP contribution >= 0.6 is 0 Å². The van der Waals surface area contributed by atoms with E-state index in [1.54, 1.807) is 17.0 Å². The number of carboxylic acids is 1. The molecule has 1 aromatic carbocycles. The Labute approximate surface area is 87.1 Å². The summed E-state index contributed by atoms with van der Waals surface area (Å²) in [4.78, 5) is 12.7. The van der Waals surface area contributed by atoms with E-state index in [-0.39, 0.29) is 12.2 Å². The highest BCUT2D eigenvalue weighted by Crippen LogP contribution is 2.33. The minimum atomic E-state index is -0.896. The van der Waals surface area contributed by atoms with Gasteiger partial charge in [-0.2, -0.15) is 0 Å². The molecule has 80 valence electrons. The van der Waals surface area contributed by atoms with Crippen LogP contribution in [0.4, 0.5) is 10.1 Å². The van der Waals surface area contributed by atoms with Crippen molar-refractivity contribution in [3.05, 3.63) is 29.6 Å². The second kappa shape index (κ2) is 3.53. The molecule has 0 spiro atoms. The van der Waals surface area contributed by atoms with E-state index < -0.39 is 12.0 Å². The summed E-state index contributed by atoms with van der Waals surface area (Å²) in [6, 6.07) is 4.13. The van der Waals surface area contributed by atoms with Crippen molar-refractivity contribution < 1.29 is 14.3 Å². The number of halogens is 1. The topological polar surface area (TPSA) is 40.5 Å². The van der Waals surface area contributed by atoms with Crippen molar-refractivity contribution in [3.8, 4) is 0 Å². The average Bonchev–Trinajstić information content (AvgIpc) is 2.57. The maximum absolute atomic E-state index is 13.4. The lowest BCUT2D eigenvalue weighted by Crippen LogP contribution is -2.38. The first-order valence-electron chi connectivity index (χ1n) is 4.92. The van der Waals surface area contributed by atoms with Crippen LogP contribution in [0.15, 0.2) is 18.2 Å². The summed E-state index contributed by atoms with van der Waals surface area (Å²) in [5, 5.41) is 9.01. The number of hydrogen-bond donors (Lipinski definition) is 1. The molecule has 1 N–H and O–H groups in total. The highest BCUT2D eigenvalue weighted by molar-refractivity contribution is 5.82. The molecule has 0 radical (unpaired) electrons. The van der Waals surface area contributed by atoms with Gasteiger partial charge in [0.25, 0.3) is 0 Å². The minimum absolute atomic E-state index is 0.255. The van der Waals surface area contributed by atoms with E-state index >= 15 is 0 Å². The number of fused-ring (bicyclic) bond motifs is 1. The third-order valence-electron chi connectivity index (χ3n) is 2.80. The molecule has 1 aromatic rings.